The number of piperidine rings is 1. The van der Waals surface area contributed by atoms with Gasteiger partial charge in [-0.15, -0.1) is 11.3 Å². The molecular weight excluding hydrogens is 296 g/mol. The summed E-state index contributed by atoms with van der Waals surface area (Å²) in [4.78, 5) is 16.7. The average molecular weight is 320 g/mol. The van der Waals surface area contributed by atoms with Crippen LogP contribution < -0.4 is 5.32 Å². The van der Waals surface area contributed by atoms with Crippen LogP contribution in [0.15, 0.2) is 17.5 Å². The minimum atomic E-state index is -0.314. The Balaban J connectivity index is 1.46. The molecule has 0 aromatic carbocycles. The molecule has 5 heteroatoms. The molecule has 0 bridgehead atoms. The molecule has 4 nitrogen and oxygen atoms in total. The van der Waals surface area contributed by atoms with E-state index in [1.165, 1.54) is 24.1 Å². The molecular formula is C17H24N2O2S. The molecule has 1 aliphatic carbocycles. The summed E-state index contributed by atoms with van der Waals surface area (Å²) in [7, 11) is 0. The first kappa shape index (κ1) is 14.7. The molecule has 1 aromatic heterocycles. The highest BCUT2D eigenvalue weighted by Gasteiger charge is 2.54. The van der Waals surface area contributed by atoms with Gasteiger partial charge in [0.25, 0.3) is 0 Å². The van der Waals surface area contributed by atoms with Crippen LogP contribution in [-0.4, -0.2) is 42.6 Å². The van der Waals surface area contributed by atoms with Gasteiger partial charge in [0.15, 0.2) is 0 Å². The van der Waals surface area contributed by atoms with Crippen molar-refractivity contribution in [3.05, 3.63) is 22.4 Å². The van der Waals surface area contributed by atoms with Crippen molar-refractivity contribution in [2.75, 3.05) is 19.7 Å². The third-order valence-corrected chi connectivity index (χ3v) is 6.57. The highest BCUT2D eigenvalue weighted by Crippen LogP contribution is 2.43. The van der Waals surface area contributed by atoms with Crippen LogP contribution >= 0.6 is 11.3 Å². The molecule has 3 aliphatic rings. The highest BCUT2D eigenvalue weighted by atomic mass is 32.1. The van der Waals surface area contributed by atoms with E-state index in [-0.39, 0.29) is 17.4 Å². The Hall–Kier alpha value is -0.910. The molecule has 2 atom stereocenters. The summed E-state index contributed by atoms with van der Waals surface area (Å²) in [6.45, 7) is 3.36. The van der Waals surface area contributed by atoms with Gasteiger partial charge in [-0.2, -0.15) is 0 Å². The van der Waals surface area contributed by atoms with Gasteiger partial charge in [-0.05, 0) is 37.1 Å². The molecule has 2 aliphatic heterocycles. The molecule has 1 aromatic rings. The molecule has 0 spiro atoms. The zero-order valence-electron chi connectivity index (χ0n) is 12.9. The van der Waals surface area contributed by atoms with Crippen molar-refractivity contribution in [3.8, 4) is 0 Å². The van der Waals surface area contributed by atoms with Gasteiger partial charge in [0.05, 0.1) is 18.1 Å². The number of amides is 1. The summed E-state index contributed by atoms with van der Waals surface area (Å²) in [6.07, 6.45) is 5.95. The first-order chi connectivity index (χ1) is 10.8. The maximum atomic E-state index is 13.0. The van der Waals surface area contributed by atoms with Crippen LogP contribution in [0, 0.1) is 5.41 Å². The van der Waals surface area contributed by atoms with E-state index in [9.17, 15) is 4.79 Å². The van der Waals surface area contributed by atoms with Gasteiger partial charge in [-0.25, -0.2) is 0 Å². The predicted molar refractivity (Wildman–Crippen MR) is 86.8 cm³/mol. The number of ether oxygens (including phenoxy) is 1. The van der Waals surface area contributed by atoms with E-state index in [2.05, 4.69) is 21.7 Å². The monoisotopic (exact) mass is 320 g/mol. The third-order valence-electron chi connectivity index (χ3n) is 5.69. The lowest BCUT2D eigenvalue weighted by atomic mass is 9.74. The van der Waals surface area contributed by atoms with Gasteiger partial charge in [-0.3, -0.25) is 9.69 Å². The van der Waals surface area contributed by atoms with E-state index in [1.807, 2.05) is 6.07 Å². The molecule has 3 heterocycles. The maximum Gasteiger partial charge on any atom is 0.230 e. The van der Waals surface area contributed by atoms with Crippen molar-refractivity contribution < 1.29 is 9.53 Å². The van der Waals surface area contributed by atoms with E-state index in [0.29, 0.717) is 12.6 Å². The second kappa shape index (κ2) is 5.95. The summed E-state index contributed by atoms with van der Waals surface area (Å²) >= 11 is 1.70. The fourth-order valence-electron chi connectivity index (χ4n) is 4.12. The Labute approximate surface area is 135 Å². The smallest absolute Gasteiger partial charge is 0.230 e. The fraction of sp³-hybridized carbons (Fsp3) is 0.706. The lowest BCUT2D eigenvalue weighted by Crippen LogP contribution is -2.59. The number of fused-ring (bicyclic) bond motifs is 1. The molecule has 3 fully saturated rings. The topological polar surface area (TPSA) is 41.6 Å². The van der Waals surface area contributed by atoms with Crippen LogP contribution in [0.2, 0.25) is 0 Å². The molecule has 0 radical (unpaired) electrons. The van der Waals surface area contributed by atoms with Gasteiger partial charge < -0.3 is 10.1 Å². The van der Waals surface area contributed by atoms with Gasteiger partial charge in [0.2, 0.25) is 5.91 Å². The Morgan fingerprint density at radius 3 is 3.09 bits per heavy atom. The molecule has 120 valence electrons. The van der Waals surface area contributed by atoms with Crippen molar-refractivity contribution in [1.82, 2.24) is 10.2 Å². The van der Waals surface area contributed by atoms with E-state index >= 15 is 0 Å². The normalized spacial score (nSPS) is 32.5. The van der Waals surface area contributed by atoms with Crippen LogP contribution in [0.25, 0.3) is 0 Å². The number of likely N-dealkylation sites (tertiary alicyclic amines) is 1. The predicted octanol–water partition coefficient (Wildman–Crippen LogP) is 2.40. The summed E-state index contributed by atoms with van der Waals surface area (Å²) in [5.74, 6) is 0.201. The number of carbonyl (C=O) groups is 1. The van der Waals surface area contributed by atoms with Crippen LogP contribution in [0.3, 0.4) is 0 Å². The van der Waals surface area contributed by atoms with Crippen LogP contribution in [0.4, 0.5) is 0 Å². The molecule has 1 saturated carbocycles. The lowest BCUT2D eigenvalue weighted by Gasteiger charge is -2.47. The van der Waals surface area contributed by atoms with Gasteiger partial charge >= 0.3 is 0 Å². The first-order valence-electron chi connectivity index (χ1n) is 8.44. The maximum absolute atomic E-state index is 13.0. The van der Waals surface area contributed by atoms with Crippen LogP contribution in [-0.2, 0) is 16.1 Å². The molecule has 2 saturated heterocycles. The zero-order valence-corrected chi connectivity index (χ0v) is 13.7. The zero-order chi connectivity index (χ0) is 15.0. The van der Waals surface area contributed by atoms with Crippen molar-refractivity contribution in [2.24, 2.45) is 5.41 Å². The number of nitrogens with zero attached hydrogens (tertiary/aromatic N) is 1. The van der Waals surface area contributed by atoms with Crippen molar-refractivity contribution in [1.29, 1.82) is 0 Å². The van der Waals surface area contributed by atoms with E-state index in [4.69, 9.17) is 4.74 Å². The largest absolute Gasteiger partial charge is 0.377 e. The molecule has 22 heavy (non-hydrogen) atoms. The Bertz CT molecular complexity index is 529. The minimum Gasteiger partial charge on any atom is -0.377 e. The Kier molecular flexibility index (Phi) is 3.96. The van der Waals surface area contributed by atoms with Gasteiger partial charge in [0, 0.05) is 30.6 Å². The second-order valence-electron chi connectivity index (χ2n) is 6.87. The second-order valence-corrected chi connectivity index (χ2v) is 7.90. The standard InChI is InChI=1S/C17H24N2O2S/c20-16(18-11-14-5-2-10-22-14)17-7-9-21-15(17)6-8-19(12-17)13-3-1-4-13/h2,5,10,13,15H,1,3-4,6-9,11-12H2,(H,18,20)/t15-,17-/m0/s1. The summed E-state index contributed by atoms with van der Waals surface area (Å²) < 4.78 is 5.91. The SMILES string of the molecule is O=C(NCc1cccs1)[C@]12CCO[C@H]1CCN(C1CCC1)C2. The Morgan fingerprint density at radius 1 is 1.45 bits per heavy atom. The van der Waals surface area contributed by atoms with Crippen molar-refractivity contribution in [2.45, 2.75) is 50.8 Å². The fourth-order valence-corrected chi connectivity index (χ4v) is 4.77. The van der Waals surface area contributed by atoms with Gasteiger partial charge in [-0.1, -0.05) is 12.5 Å². The van der Waals surface area contributed by atoms with Crippen molar-refractivity contribution >= 4 is 17.2 Å². The number of carbonyl (C=O) groups excluding carboxylic acids is 1. The van der Waals surface area contributed by atoms with Gasteiger partial charge in [0.1, 0.15) is 0 Å². The minimum absolute atomic E-state index is 0.118. The summed E-state index contributed by atoms with van der Waals surface area (Å²) in [6, 6.07) is 4.82. The number of hydrogen-bond donors (Lipinski definition) is 1. The lowest BCUT2D eigenvalue weighted by molar-refractivity contribution is -0.141. The van der Waals surface area contributed by atoms with E-state index < -0.39 is 0 Å². The number of nitrogens with one attached hydrogen (secondary N) is 1. The van der Waals surface area contributed by atoms with Crippen LogP contribution in [0.5, 0.6) is 0 Å². The average Bonchev–Trinajstić information content (AvgIpc) is 3.12. The number of hydrogen-bond acceptors (Lipinski definition) is 4. The molecule has 0 unspecified atom stereocenters. The quantitative estimate of drug-likeness (QED) is 0.926. The highest BCUT2D eigenvalue weighted by molar-refractivity contribution is 7.09. The number of rotatable bonds is 4. The molecule has 4 rings (SSSR count). The summed E-state index contributed by atoms with van der Waals surface area (Å²) in [5.41, 5.74) is -0.314. The molecule has 1 amide bonds. The Morgan fingerprint density at radius 2 is 2.36 bits per heavy atom. The van der Waals surface area contributed by atoms with Crippen LogP contribution in [0.1, 0.15) is 37.0 Å². The first-order valence-corrected chi connectivity index (χ1v) is 9.32. The van der Waals surface area contributed by atoms with E-state index in [0.717, 1.165) is 32.5 Å². The van der Waals surface area contributed by atoms with Crippen molar-refractivity contribution in [3.63, 3.8) is 0 Å². The summed E-state index contributed by atoms with van der Waals surface area (Å²) in [5, 5.41) is 5.23. The molecule has 1 N–H and O–H groups in total. The third kappa shape index (κ3) is 2.49. The number of thiophene rings is 1. The van der Waals surface area contributed by atoms with E-state index in [1.54, 1.807) is 11.3 Å².